The van der Waals surface area contributed by atoms with Crippen LogP contribution in [0.5, 0.6) is 0 Å². The first-order valence-corrected chi connectivity index (χ1v) is 11.4. The van der Waals surface area contributed by atoms with Crippen LogP contribution in [0, 0.1) is 11.8 Å². The van der Waals surface area contributed by atoms with E-state index in [1.54, 1.807) is 12.1 Å². The molecular formula is C29H23N3O3. The predicted molar refractivity (Wildman–Crippen MR) is 138 cm³/mol. The van der Waals surface area contributed by atoms with Crippen LogP contribution in [-0.2, 0) is 0 Å². The van der Waals surface area contributed by atoms with Gasteiger partial charge in [-0.25, -0.2) is 4.79 Å². The average molecular weight is 462 g/mol. The van der Waals surface area contributed by atoms with Crippen LogP contribution >= 0.6 is 0 Å². The van der Waals surface area contributed by atoms with Crippen molar-refractivity contribution in [2.75, 3.05) is 6.54 Å². The maximum atomic E-state index is 12.3. The summed E-state index contributed by atoms with van der Waals surface area (Å²) in [5.41, 5.74) is 5.20. The van der Waals surface area contributed by atoms with Crippen LogP contribution in [0.1, 0.15) is 45.3 Å². The zero-order valence-electron chi connectivity index (χ0n) is 19.1. The lowest BCUT2D eigenvalue weighted by Crippen LogP contribution is -2.24. The number of hydrogen-bond donors (Lipinski definition) is 4. The minimum Gasteiger partial charge on any atom is -0.478 e. The molecule has 0 saturated carbocycles. The van der Waals surface area contributed by atoms with Gasteiger partial charge in [-0.15, -0.1) is 0 Å². The molecule has 0 radical (unpaired) electrons. The number of hydrogen-bond acceptors (Lipinski definition) is 2. The first-order chi connectivity index (χ1) is 17.0. The van der Waals surface area contributed by atoms with Crippen LogP contribution in [-0.4, -0.2) is 33.5 Å². The van der Waals surface area contributed by atoms with Gasteiger partial charge in [0.2, 0.25) is 0 Å². The summed E-state index contributed by atoms with van der Waals surface area (Å²) in [6.07, 6.45) is 2.73. The van der Waals surface area contributed by atoms with Gasteiger partial charge in [-0.2, -0.15) is 0 Å². The highest BCUT2D eigenvalue weighted by Crippen LogP contribution is 2.30. The van der Waals surface area contributed by atoms with E-state index >= 15 is 0 Å². The van der Waals surface area contributed by atoms with Gasteiger partial charge in [0.1, 0.15) is 5.69 Å². The van der Waals surface area contributed by atoms with Crippen molar-refractivity contribution >= 4 is 33.7 Å². The summed E-state index contributed by atoms with van der Waals surface area (Å²) in [6, 6.07) is 20.4. The Morgan fingerprint density at radius 3 is 2.63 bits per heavy atom. The van der Waals surface area contributed by atoms with Crippen molar-refractivity contribution in [3.05, 3.63) is 95.3 Å². The second kappa shape index (κ2) is 9.24. The maximum absolute atomic E-state index is 12.3. The Kier molecular flexibility index (Phi) is 5.82. The quantitative estimate of drug-likeness (QED) is 0.258. The van der Waals surface area contributed by atoms with E-state index in [0.717, 1.165) is 39.4 Å². The fraction of sp³-hybridized carbons (Fsp3) is 0.103. The molecule has 0 bridgehead atoms. The highest BCUT2D eigenvalue weighted by molar-refractivity contribution is 6.00. The smallest absolute Gasteiger partial charge is 0.336 e. The largest absolute Gasteiger partial charge is 0.478 e. The van der Waals surface area contributed by atoms with Crippen molar-refractivity contribution < 1.29 is 14.7 Å². The number of fused-ring (bicyclic) bond motifs is 2. The van der Waals surface area contributed by atoms with E-state index in [2.05, 4.69) is 27.1 Å². The van der Waals surface area contributed by atoms with E-state index in [1.165, 1.54) is 0 Å². The molecule has 0 aliphatic rings. The summed E-state index contributed by atoms with van der Waals surface area (Å²) < 4.78 is 0. The monoisotopic (exact) mass is 461 g/mol. The highest BCUT2D eigenvalue weighted by Gasteiger charge is 2.16. The molecule has 5 aromatic rings. The van der Waals surface area contributed by atoms with Gasteiger partial charge in [-0.05, 0) is 59.8 Å². The Labute approximate surface area is 202 Å². The fourth-order valence-electron chi connectivity index (χ4n) is 4.15. The molecule has 5 rings (SSSR count). The van der Waals surface area contributed by atoms with Crippen LogP contribution in [0.3, 0.4) is 0 Å². The average Bonchev–Trinajstić information content (AvgIpc) is 3.51. The van der Waals surface area contributed by atoms with Gasteiger partial charge in [0.05, 0.1) is 5.56 Å². The molecule has 4 N–H and O–H groups in total. The number of aromatic nitrogens is 2. The van der Waals surface area contributed by atoms with Crippen molar-refractivity contribution in [3.8, 4) is 23.0 Å². The van der Waals surface area contributed by atoms with Crippen LogP contribution in [0.4, 0.5) is 0 Å². The third-order valence-corrected chi connectivity index (χ3v) is 5.88. The van der Waals surface area contributed by atoms with Crippen LogP contribution < -0.4 is 5.32 Å². The molecule has 2 aromatic heterocycles. The van der Waals surface area contributed by atoms with Crippen LogP contribution in [0.25, 0.3) is 32.9 Å². The van der Waals surface area contributed by atoms with Crippen LogP contribution in [0.2, 0.25) is 0 Å². The first kappa shape index (κ1) is 22.1. The number of rotatable bonds is 5. The molecule has 0 aliphatic carbocycles. The third-order valence-electron chi connectivity index (χ3n) is 5.88. The third kappa shape index (κ3) is 4.40. The molecule has 0 saturated heterocycles. The van der Waals surface area contributed by atoms with E-state index < -0.39 is 5.97 Å². The molecule has 172 valence electrons. The maximum Gasteiger partial charge on any atom is 0.336 e. The van der Waals surface area contributed by atoms with Gasteiger partial charge in [-0.3, -0.25) is 4.79 Å². The van der Waals surface area contributed by atoms with Gasteiger partial charge in [0.15, 0.2) is 0 Å². The molecule has 0 spiro atoms. The van der Waals surface area contributed by atoms with E-state index in [1.807, 2.05) is 67.7 Å². The number of aromatic amines is 2. The Bertz CT molecular complexity index is 1650. The Balaban J connectivity index is 1.54. The van der Waals surface area contributed by atoms with Gasteiger partial charge in [0, 0.05) is 45.9 Å². The second-order valence-electron chi connectivity index (χ2n) is 8.30. The molecule has 0 atom stereocenters. The fourth-order valence-corrected chi connectivity index (χ4v) is 4.15. The summed E-state index contributed by atoms with van der Waals surface area (Å²) in [7, 11) is 0. The normalized spacial score (nSPS) is 10.8. The summed E-state index contributed by atoms with van der Waals surface area (Å²) in [5.74, 6) is 5.20. The molecule has 0 aliphatic heterocycles. The van der Waals surface area contributed by atoms with Gasteiger partial charge in [0.25, 0.3) is 5.91 Å². The first-order valence-electron chi connectivity index (χ1n) is 11.4. The van der Waals surface area contributed by atoms with Crippen molar-refractivity contribution in [2.45, 2.75) is 13.3 Å². The van der Waals surface area contributed by atoms with Gasteiger partial charge in [-0.1, -0.05) is 43.0 Å². The minimum absolute atomic E-state index is 0.134. The Hall–Kier alpha value is -4.76. The minimum atomic E-state index is -1.00. The van der Waals surface area contributed by atoms with Crippen molar-refractivity contribution in [2.24, 2.45) is 0 Å². The molecule has 3 aromatic carbocycles. The lowest BCUT2D eigenvalue weighted by atomic mass is 9.93. The van der Waals surface area contributed by atoms with Gasteiger partial charge < -0.3 is 20.4 Å². The zero-order chi connectivity index (χ0) is 24.4. The Morgan fingerprint density at radius 2 is 1.80 bits per heavy atom. The highest BCUT2D eigenvalue weighted by atomic mass is 16.4. The number of carboxylic acid groups (broad SMARTS) is 1. The van der Waals surface area contributed by atoms with E-state index in [4.69, 9.17) is 0 Å². The van der Waals surface area contributed by atoms with Gasteiger partial charge >= 0.3 is 5.97 Å². The van der Waals surface area contributed by atoms with E-state index in [-0.39, 0.29) is 11.5 Å². The number of carbonyl (C=O) groups excluding carboxylic acids is 1. The SMILES string of the molecule is CCCNC(=O)c1cc2ccc(C#Cc3cccc(C(=O)O)c3-c3ccc4cc[nH]c4c3)cc2[nH]1. The summed E-state index contributed by atoms with van der Waals surface area (Å²) in [5, 5.41) is 14.7. The molecule has 35 heavy (non-hydrogen) atoms. The topological polar surface area (TPSA) is 98.0 Å². The van der Waals surface area contributed by atoms with E-state index in [9.17, 15) is 14.7 Å². The number of amides is 1. The molecule has 6 nitrogen and oxygen atoms in total. The predicted octanol–water partition coefficient (Wildman–Crippen LogP) is 5.55. The molecule has 1 amide bonds. The standard InChI is InChI=1S/C29H23N3O3/c1-2-13-31-28(33)26-16-21-9-7-18(15-25(21)32-26)6-8-20-4-3-5-23(29(34)35)27(20)22-11-10-19-12-14-30-24(19)17-22/h3-5,7,9-12,14-17,30,32H,2,13H2,1H3,(H,31,33)(H,34,35). The Morgan fingerprint density at radius 1 is 0.943 bits per heavy atom. The lowest BCUT2D eigenvalue weighted by Gasteiger charge is -2.10. The molecular weight excluding hydrogens is 438 g/mol. The molecule has 0 fully saturated rings. The van der Waals surface area contributed by atoms with Crippen molar-refractivity contribution in [1.82, 2.24) is 15.3 Å². The molecule has 6 heteroatoms. The van der Waals surface area contributed by atoms with E-state index in [0.29, 0.717) is 23.4 Å². The lowest BCUT2D eigenvalue weighted by molar-refractivity contribution is 0.0697. The zero-order valence-corrected chi connectivity index (χ0v) is 19.1. The summed E-state index contributed by atoms with van der Waals surface area (Å²) in [4.78, 5) is 30.6. The number of nitrogens with one attached hydrogen (secondary N) is 3. The summed E-state index contributed by atoms with van der Waals surface area (Å²) in [6.45, 7) is 2.63. The molecule has 2 heterocycles. The number of carbonyl (C=O) groups is 2. The number of aromatic carboxylic acids is 1. The van der Waals surface area contributed by atoms with Crippen molar-refractivity contribution in [1.29, 1.82) is 0 Å². The molecule has 0 unspecified atom stereocenters. The van der Waals surface area contributed by atoms with Crippen LogP contribution in [0.15, 0.2) is 72.9 Å². The summed E-state index contributed by atoms with van der Waals surface area (Å²) >= 11 is 0. The van der Waals surface area contributed by atoms with Crippen molar-refractivity contribution in [3.63, 3.8) is 0 Å². The number of carboxylic acids is 1. The number of H-pyrrole nitrogens is 2. The second-order valence-corrected chi connectivity index (χ2v) is 8.30. The number of benzene rings is 3.